The van der Waals surface area contributed by atoms with E-state index in [-0.39, 0.29) is 24.5 Å². The SMILES string of the molecule is CCOc1cc2c(cc1NC(=O)COc1cccc(N3CCCC3=O)c1)O[C@@H](C)C2. The average Bonchev–Trinajstić information content (AvgIpc) is 3.31. The molecule has 0 unspecified atom stereocenters. The summed E-state index contributed by atoms with van der Waals surface area (Å²) >= 11 is 0. The fourth-order valence-electron chi connectivity index (χ4n) is 3.81. The number of hydrogen-bond acceptors (Lipinski definition) is 5. The number of benzene rings is 2. The molecule has 7 nitrogen and oxygen atoms in total. The van der Waals surface area contributed by atoms with E-state index in [0.29, 0.717) is 36.8 Å². The lowest BCUT2D eigenvalue weighted by Gasteiger charge is -2.17. The Kier molecular flexibility index (Phi) is 5.79. The predicted molar refractivity (Wildman–Crippen MR) is 114 cm³/mol. The monoisotopic (exact) mass is 410 g/mol. The number of amides is 2. The standard InChI is InChI=1S/C23H26N2O5/c1-3-28-21-11-16-10-15(2)30-20(16)13-19(21)24-22(26)14-29-18-7-4-6-17(12-18)25-9-5-8-23(25)27/h4,6-7,11-13,15H,3,5,8-10,14H2,1-2H3,(H,24,26)/t15-/m0/s1. The van der Waals surface area contributed by atoms with Crippen LogP contribution in [-0.2, 0) is 16.0 Å². The molecule has 0 aromatic heterocycles. The van der Waals surface area contributed by atoms with Gasteiger partial charge in [0.25, 0.3) is 5.91 Å². The summed E-state index contributed by atoms with van der Waals surface area (Å²) in [6.45, 7) is 4.96. The first-order chi connectivity index (χ1) is 14.5. The number of nitrogens with one attached hydrogen (secondary N) is 1. The van der Waals surface area contributed by atoms with Gasteiger partial charge >= 0.3 is 0 Å². The van der Waals surface area contributed by atoms with Crippen molar-refractivity contribution in [1.29, 1.82) is 0 Å². The van der Waals surface area contributed by atoms with Crippen molar-refractivity contribution in [3.63, 3.8) is 0 Å². The second-order valence-electron chi connectivity index (χ2n) is 7.50. The van der Waals surface area contributed by atoms with E-state index in [4.69, 9.17) is 14.2 Å². The third kappa shape index (κ3) is 4.35. The second kappa shape index (κ2) is 8.65. The maximum absolute atomic E-state index is 12.5. The largest absolute Gasteiger partial charge is 0.492 e. The third-order valence-corrected chi connectivity index (χ3v) is 5.14. The minimum Gasteiger partial charge on any atom is -0.492 e. The van der Waals surface area contributed by atoms with E-state index in [9.17, 15) is 9.59 Å². The Balaban J connectivity index is 1.41. The fourth-order valence-corrected chi connectivity index (χ4v) is 3.81. The van der Waals surface area contributed by atoms with Crippen LogP contribution in [0, 0.1) is 0 Å². The van der Waals surface area contributed by atoms with Crippen LogP contribution >= 0.6 is 0 Å². The molecule has 0 saturated carbocycles. The van der Waals surface area contributed by atoms with Gasteiger partial charge in [-0.15, -0.1) is 0 Å². The number of nitrogens with zero attached hydrogens (tertiary/aromatic N) is 1. The number of carbonyl (C=O) groups is 2. The normalized spacial score (nSPS) is 17.5. The molecule has 0 radical (unpaired) electrons. The summed E-state index contributed by atoms with van der Waals surface area (Å²) in [5, 5.41) is 2.85. The van der Waals surface area contributed by atoms with Gasteiger partial charge in [-0.2, -0.15) is 0 Å². The van der Waals surface area contributed by atoms with Crippen molar-refractivity contribution in [1.82, 2.24) is 0 Å². The van der Waals surface area contributed by atoms with Crippen molar-refractivity contribution in [2.45, 2.75) is 39.2 Å². The first-order valence-corrected chi connectivity index (χ1v) is 10.3. The van der Waals surface area contributed by atoms with E-state index in [1.54, 1.807) is 23.1 Å². The van der Waals surface area contributed by atoms with Gasteiger partial charge in [0, 0.05) is 42.8 Å². The van der Waals surface area contributed by atoms with Gasteiger partial charge in [0.05, 0.1) is 12.3 Å². The van der Waals surface area contributed by atoms with Gasteiger partial charge < -0.3 is 24.4 Å². The summed E-state index contributed by atoms with van der Waals surface area (Å²) in [4.78, 5) is 26.2. The Labute approximate surface area is 175 Å². The third-order valence-electron chi connectivity index (χ3n) is 5.14. The Morgan fingerprint density at radius 2 is 2.13 bits per heavy atom. The van der Waals surface area contributed by atoms with Crippen LogP contribution in [0.5, 0.6) is 17.2 Å². The van der Waals surface area contributed by atoms with E-state index in [1.165, 1.54) is 0 Å². The molecule has 1 saturated heterocycles. The maximum atomic E-state index is 12.5. The highest BCUT2D eigenvalue weighted by Gasteiger charge is 2.23. The molecule has 2 aliphatic rings. The maximum Gasteiger partial charge on any atom is 0.262 e. The molecule has 2 aromatic carbocycles. The quantitative estimate of drug-likeness (QED) is 0.755. The van der Waals surface area contributed by atoms with E-state index in [1.807, 2.05) is 32.0 Å². The number of fused-ring (bicyclic) bond motifs is 1. The molecule has 4 rings (SSSR count). The Morgan fingerprint density at radius 3 is 2.90 bits per heavy atom. The summed E-state index contributed by atoms with van der Waals surface area (Å²) in [6.07, 6.45) is 2.36. The number of hydrogen-bond donors (Lipinski definition) is 1. The Hall–Kier alpha value is -3.22. The van der Waals surface area contributed by atoms with Crippen LogP contribution in [-0.4, -0.2) is 37.7 Å². The smallest absolute Gasteiger partial charge is 0.262 e. The predicted octanol–water partition coefficient (Wildman–Crippen LogP) is 3.55. The Bertz CT molecular complexity index is 959. The zero-order valence-corrected chi connectivity index (χ0v) is 17.3. The average molecular weight is 410 g/mol. The van der Waals surface area contributed by atoms with Gasteiger partial charge in [0.15, 0.2) is 6.61 Å². The summed E-state index contributed by atoms with van der Waals surface area (Å²) in [5.41, 5.74) is 2.43. The summed E-state index contributed by atoms with van der Waals surface area (Å²) in [7, 11) is 0. The van der Waals surface area contributed by atoms with Crippen LogP contribution in [0.1, 0.15) is 32.3 Å². The highest BCUT2D eigenvalue weighted by molar-refractivity contribution is 5.95. The molecule has 2 aromatic rings. The minimum absolute atomic E-state index is 0.110. The van der Waals surface area contributed by atoms with Gasteiger partial charge in [-0.1, -0.05) is 6.07 Å². The molecule has 1 fully saturated rings. The molecule has 1 atom stereocenters. The van der Waals surface area contributed by atoms with Gasteiger partial charge in [-0.3, -0.25) is 9.59 Å². The van der Waals surface area contributed by atoms with E-state index in [2.05, 4.69) is 5.32 Å². The van der Waals surface area contributed by atoms with Crippen molar-refractivity contribution in [2.75, 3.05) is 30.0 Å². The van der Waals surface area contributed by atoms with Crippen LogP contribution in [0.15, 0.2) is 36.4 Å². The van der Waals surface area contributed by atoms with Gasteiger partial charge in [-0.25, -0.2) is 0 Å². The van der Waals surface area contributed by atoms with Crippen molar-refractivity contribution in [3.8, 4) is 17.2 Å². The fraction of sp³-hybridized carbons (Fsp3) is 0.391. The van der Waals surface area contributed by atoms with Crippen molar-refractivity contribution >= 4 is 23.2 Å². The van der Waals surface area contributed by atoms with Crippen LogP contribution in [0.2, 0.25) is 0 Å². The first kappa shape index (κ1) is 20.1. The molecule has 2 aliphatic heterocycles. The molecular formula is C23H26N2O5. The first-order valence-electron chi connectivity index (χ1n) is 10.3. The molecule has 158 valence electrons. The number of ether oxygens (including phenoxy) is 3. The van der Waals surface area contributed by atoms with Crippen LogP contribution in [0.25, 0.3) is 0 Å². The number of anilines is 2. The molecule has 2 heterocycles. The molecule has 7 heteroatoms. The number of rotatable bonds is 7. The lowest BCUT2D eigenvalue weighted by atomic mass is 10.1. The number of carbonyl (C=O) groups excluding carboxylic acids is 2. The molecule has 1 N–H and O–H groups in total. The lowest BCUT2D eigenvalue weighted by molar-refractivity contribution is -0.118. The molecule has 30 heavy (non-hydrogen) atoms. The summed E-state index contributed by atoms with van der Waals surface area (Å²) in [6, 6.07) is 11.0. The lowest BCUT2D eigenvalue weighted by Crippen LogP contribution is -2.24. The molecular weight excluding hydrogens is 384 g/mol. The van der Waals surface area contributed by atoms with Gasteiger partial charge in [-0.05, 0) is 38.5 Å². The zero-order valence-electron chi connectivity index (χ0n) is 17.3. The molecule has 0 bridgehead atoms. The van der Waals surface area contributed by atoms with Crippen LogP contribution < -0.4 is 24.4 Å². The molecule has 2 amide bonds. The van der Waals surface area contributed by atoms with Crippen LogP contribution in [0.4, 0.5) is 11.4 Å². The van der Waals surface area contributed by atoms with E-state index in [0.717, 1.165) is 29.8 Å². The van der Waals surface area contributed by atoms with Crippen LogP contribution in [0.3, 0.4) is 0 Å². The molecule has 0 spiro atoms. The summed E-state index contributed by atoms with van der Waals surface area (Å²) < 4.78 is 17.2. The van der Waals surface area contributed by atoms with Gasteiger partial charge in [0.1, 0.15) is 23.4 Å². The zero-order chi connectivity index (χ0) is 21.1. The topological polar surface area (TPSA) is 77.1 Å². The van der Waals surface area contributed by atoms with Crippen molar-refractivity contribution in [2.24, 2.45) is 0 Å². The van der Waals surface area contributed by atoms with E-state index < -0.39 is 0 Å². The minimum atomic E-state index is -0.301. The van der Waals surface area contributed by atoms with Gasteiger partial charge in [0.2, 0.25) is 5.91 Å². The highest BCUT2D eigenvalue weighted by atomic mass is 16.5. The highest BCUT2D eigenvalue weighted by Crippen LogP contribution is 2.38. The second-order valence-corrected chi connectivity index (χ2v) is 7.50. The summed E-state index contributed by atoms with van der Waals surface area (Å²) in [5.74, 6) is 1.74. The Morgan fingerprint density at radius 1 is 1.27 bits per heavy atom. The molecule has 0 aliphatic carbocycles. The van der Waals surface area contributed by atoms with E-state index >= 15 is 0 Å². The van der Waals surface area contributed by atoms with Crippen molar-refractivity contribution in [3.05, 3.63) is 42.0 Å². The van der Waals surface area contributed by atoms with Crippen molar-refractivity contribution < 1.29 is 23.8 Å².